The van der Waals surface area contributed by atoms with E-state index in [2.05, 4.69) is 29.1 Å². The molecular formula is C12H19N3O2S2. The Balaban J connectivity index is 1.92. The number of anilines is 1. The van der Waals surface area contributed by atoms with Crippen LogP contribution in [0.25, 0.3) is 0 Å². The van der Waals surface area contributed by atoms with Gasteiger partial charge in [-0.15, -0.1) is 10.2 Å². The SMILES string of the molecule is CC1CCC(N(C)c2nnc(SCC(=O)O)s2)CC1. The molecule has 0 amide bonds. The third-order valence-corrected chi connectivity index (χ3v) is 5.68. The Hall–Kier alpha value is -0.820. The fourth-order valence-electron chi connectivity index (χ4n) is 2.31. The second-order valence-corrected chi connectivity index (χ2v) is 7.24. The van der Waals surface area contributed by atoms with Gasteiger partial charge in [-0.25, -0.2) is 0 Å². The summed E-state index contributed by atoms with van der Waals surface area (Å²) in [5, 5.41) is 17.8. The highest BCUT2D eigenvalue weighted by molar-refractivity contribution is 8.01. The molecule has 0 saturated heterocycles. The van der Waals surface area contributed by atoms with E-state index in [-0.39, 0.29) is 5.75 Å². The topological polar surface area (TPSA) is 66.3 Å². The van der Waals surface area contributed by atoms with Gasteiger partial charge in [-0.3, -0.25) is 4.79 Å². The van der Waals surface area contributed by atoms with Crippen molar-refractivity contribution in [2.24, 2.45) is 5.92 Å². The summed E-state index contributed by atoms with van der Waals surface area (Å²) in [4.78, 5) is 12.7. The number of aromatic nitrogens is 2. The van der Waals surface area contributed by atoms with Crippen LogP contribution in [0.2, 0.25) is 0 Å². The van der Waals surface area contributed by atoms with Crippen LogP contribution in [-0.2, 0) is 4.79 Å². The van der Waals surface area contributed by atoms with E-state index < -0.39 is 5.97 Å². The highest BCUT2D eigenvalue weighted by Crippen LogP contribution is 2.32. The van der Waals surface area contributed by atoms with Gasteiger partial charge in [-0.1, -0.05) is 30.0 Å². The number of hydrogen-bond donors (Lipinski definition) is 1. The minimum atomic E-state index is -0.823. The lowest BCUT2D eigenvalue weighted by Crippen LogP contribution is -2.34. The Morgan fingerprint density at radius 3 is 2.74 bits per heavy atom. The van der Waals surface area contributed by atoms with E-state index in [1.807, 2.05) is 0 Å². The summed E-state index contributed by atoms with van der Waals surface area (Å²) in [7, 11) is 2.06. The zero-order valence-electron chi connectivity index (χ0n) is 11.2. The molecule has 1 heterocycles. The minimum Gasteiger partial charge on any atom is -0.481 e. The molecule has 0 bridgehead atoms. The molecule has 1 N–H and O–H groups in total. The monoisotopic (exact) mass is 301 g/mol. The van der Waals surface area contributed by atoms with Crippen LogP contribution in [0, 0.1) is 5.92 Å². The average Bonchev–Trinajstić information content (AvgIpc) is 2.85. The van der Waals surface area contributed by atoms with E-state index in [0.29, 0.717) is 6.04 Å². The van der Waals surface area contributed by atoms with Gasteiger partial charge in [0.25, 0.3) is 0 Å². The summed E-state index contributed by atoms with van der Waals surface area (Å²) >= 11 is 2.71. The lowest BCUT2D eigenvalue weighted by atomic mass is 9.87. The number of carboxylic acids is 1. The fourth-order valence-corrected chi connectivity index (χ4v) is 3.91. The summed E-state index contributed by atoms with van der Waals surface area (Å²) in [5.74, 6) is 0.0522. The highest BCUT2D eigenvalue weighted by Gasteiger charge is 2.24. The third-order valence-electron chi connectivity index (χ3n) is 3.55. The quantitative estimate of drug-likeness (QED) is 0.844. The first-order valence-electron chi connectivity index (χ1n) is 6.47. The molecular weight excluding hydrogens is 282 g/mol. The molecule has 0 spiro atoms. The van der Waals surface area contributed by atoms with Crippen LogP contribution < -0.4 is 4.90 Å². The molecule has 1 fully saturated rings. The van der Waals surface area contributed by atoms with Gasteiger partial charge in [0.1, 0.15) is 0 Å². The first-order valence-corrected chi connectivity index (χ1v) is 8.27. The van der Waals surface area contributed by atoms with Gasteiger partial charge in [-0.2, -0.15) is 0 Å². The Morgan fingerprint density at radius 2 is 2.11 bits per heavy atom. The summed E-state index contributed by atoms with van der Waals surface area (Å²) < 4.78 is 0.730. The number of hydrogen-bond acceptors (Lipinski definition) is 6. The molecule has 0 radical (unpaired) electrons. The standard InChI is InChI=1S/C12H19N3O2S2/c1-8-3-5-9(6-4-8)15(2)11-13-14-12(19-11)18-7-10(16)17/h8-9H,3-7H2,1-2H3,(H,16,17). The van der Waals surface area contributed by atoms with Crippen molar-refractivity contribution >= 4 is 34.2 Å². The van der Waals surface area contributed by atoms with Crippen molar-refractivity contribution in [3.63, 3.8) is 0 Å². The van der Waals surface area contributed by atoms with Crippen molar-refractivity contribution in [1.82, 2.24) is 10.2 Å². The molecule has 2 rings (SSSR count). The number of thioether (sulfide) groups is 1. The van der Waals surface area contributed by atoms with Crippen molar-refractivity contribution in [2.75, 3.05) is 17.7 Å². The zero-order valence-corrected chi connectivity index (χ0v) is 12.8. The Kier molecular flexibility index (Phi) is 5.04. The molecule has 1 aromatic rings. The molecule has 1 aromatic heterocycles. The Morgan fingerprint density at radius 1 is 1.42 bits per heavy atom. The lowest BCUT2D eigenvalue weighted by molar-refractivity contribution is -0.133. The molecule has 0 unspecified atom stereocenters. The van der Waals surface area contributed by atoms with Crippen LogP contribution in [0.5, 0.6) is 0 Å². The van der Waals surface area contributed by atoms with Gasteiger partial charge in [0.15, 0.2) is 4.34 Å². The van der Waals surface area contributed by atoms with E-state index in [0.717, 1.165) is 15.4 Å². The number of rotatable bonds is 5. The van der Waals surface area contributed by atoms with E-state index >= 15 is 0 Å². The molecule has 5 nitrogen and oxygen atoms in total. The van der Waals surface area contributed by atoms with Crippen molar-refractivity contribution in [3.05, 3.63) is 0 Å². The number of nitrogens with zero attached hydrogens (tertiary/aromatic N) is 3. The molecule has 1 aliphatic rings. The van der Waals surface area contributed by atoms with Crippen LogP contribution in [0.15, 0.2) is 4.34 Å². The minimum absolute atomic E-state index is 0.0410. The van der Waals surface area contributed by atoms with Gasteiger partial charge in [-0.05, 0) is 31.6 Å². The maximum Gasteiger partial charge on any atom is 0.313 e. The van der Waals surface area contributed by atoms with E-state index in [1.165, 1.54) is 48.8 Å². The van der Waals surface area contributed by atoms with E-state index in [4.69, 9.17) is 5.11 Å². The first kappa shape index (κ1) is 14.6. The molecule has 0 aromatic carbocycles. The van der Waals surface area contributed by atoms with Gasteiger partial charge >= 0.3 is 5.97 Å². The molecule has 0 aliphatic heterocycles. The first-order chi connectivity index (χ1) is 9.06. The molecule has 1 saturated carbocycles. The number of aliphatic carboxylic acids is 1. The van der Waals surface area contributed by atoms with E-state index in [1.54, 1.807) is 0 Å². The lowest BCUT2D eigenvalue weighted by Gasteiger charge is -2.33. The predicted octanol–water partition coefficient (Wildman–Crippen LogP) is 2.73. The molecule has 19 heavy (non-hydrogen) atoms. The predicted molar refractivity (Wildman–Crippen MR) is 78.1 cm³/mol. The Labute approximate surface area is 121 Å². The molecule has 7 heteroatoms. The van der Waals surface area contributed by atoms with Crippen LogP contribution in [0.1, 0.15) is 32.6 Å². The van der Waals surface area contributed by atoms with Crippen molar-refractivity contribution in [2.45, 2.75) is 43.0 Å². The van der Waals surface area contributed by atoms with Crippen molar-refractivity contribution in [1.29, 1.82) is 0 Å². The summed E-state index contributed by atoms with van der Waals surface area (Å²) in [6.45, 7) is 2.31. The summed E-state index contributed by atoms with van der Waals surface area (Å²) in [5.41, 5.74) is 0. The van der Waals surface area contributed by atoms with Crippen LogP contribution in [0.4, 0.5) is 5.13 Å². The second kappa shape index (κ2) is 6.56. The summed E-state index contributed by atoms with van der Waals surface area (Å²) in [6, 6.07) is 0.543. The van der Waals surface area contributed by atoms with Gasteiger partial charge in [0, 0.05) is 13.1 Å². The maximum absolute atomic E-state index is 10.5. The molecule has 106 valence electrons. The van der Waals surface area contributed by atoms with Gasteiger partial charge in [0.2, 0.25) is 5.13 Å². The molecule has 1 aliphatic carbocycles. The average molecular weight is 301 g/mol. The van der Waals surface area contributed by atoms with Crippen LogP contribution in [-0.4, -0.2) is 40.1 Å². The highest BCUT2D eigenvalue weighted by atomic mass is 32.2. The number of carbonyl (C=O) groups is 1. The van der Waals surface area contributed by atoms with Gasteiger partial charge in [0.05, 0.1) is 5.75 Å². The second-order valence-electron chi connectivity index (χ2n) is 5.06. The zero-order chi connectivity index (χ0) is 13.8. The maximum atomic E-state index is 10.5. The Bertz CT molecular complexity index is 430. The van der Waals surface area contributed by atoms with E-state index in [9.17, 15) is 4.79 Å². The van der Waals surface area contributed by atoms with Crippen molar-refractivity contribution in [3.8, 4) is 0 Å². The van der Waals surface area contributed by atoms with Crippen molar-refractivity contribution < 1.29 is 9.90 Å². The van der Waals surface area contributed by atoms with Gasteiger partial charge < -0.3 is 10.0 Å². The van der Waals surface area contributed by atoms with Crippen LogP contribution >= 0.6 is 23.1 Å². The smallest absolute Gasteiger partial charge is 0.313 e. The fraction of sp³-hybridized carbons (Fsp3) is 0.750. The van der Waals surface area contributed by atoms with Crippen LogP contribution in [0.3, 0.4) is 0 Å². The normalized spacial score (nSPS) is 23.3. The number of carboxylic acid groups (broad SMARTS) is 1. The summed E-state index contributed by atoms with van der Waals surface area (Å²) in [6.07, 6.45) is 4.95. The largest absolute Gasteiger partial charge is 0.481 e. The third kappa shape index (κ3) is 4.07. The molecule has 0 atom stereocenters.